The molecule has 1 nitrogen and oxygen atoms in total. The van der Waals surface area contributed by atoms with E-state index < -0.39 is 11.7 Å². The lowest BCUT2D eigenvalue weighted by Gasteiger charge is -2.04. The van der Waals surface area contributed by atoms with Crippen molar-refractivity contribution in [3.05, 3.63) is 36.3 Å². The largest absolute Gasteiger partial charge is 0.460 e. The van der Waals surface area contributed by atoms with Crippen LogP contribution in [-0.2, 0) is 6.18 Å². The summed E-state index contributed by atoms with van der Waals surface area (Å²) < 4.78 is 41.2. The maximum atomic E-state index is 12.2. The molecule has 0 N–H and O–H groups in total. The third-order valence-corrected chi connectivity index (χ3v) is 1.74. The summed E-state index contributed by atoms with van der Waals surface area (Å²) >= 11 is 0. The van der Waals surface area contributed by atoms with Gasteiger partial charge in [0.25, 0.3) is 0 Å². The third-order valence-electron chi connectivity index (χ3n) is 1.74. The first-order chi connectivity index (χ1) is 6.07. The van der Waals surface area contributed by atoms with Crippen LogP contribution in [0.1, 0.15) is 5.56 Å². The van der Waals surface area contributed by atoms with Gasteiger partial charge in [-0.3, -0.25) is 0 Å². The summed E-state index contributed by atoms with van der Waals surface area (Å²) in [5.41, 5.74) is -0.683. The van der Waals surface area contributed by atoms with Crippen molar-refractivity contribution in [3.63, 3.8) is 0 Å². The number of hydrogen-bond donors (Lipinski definition) is 0. The fourth-order valence-corrected chi connectivity index (χ4v) is 1.08. The molecule has 1 aromatic heterocycles. The van der Waals surface area contributed by atoms with E-state index >= 15 is 0 Å². The molecule has 0 aliphatic rings. The second-order valence-electron chi connectivity index (χ2n) is 2.64. The predicted molar refractivity (Wildman–Crippen MR) is 40.1 cm³/mol. The fourth-order valence-electron chi connectivity index (χ4n) is 1.08. The highest BCUT2D eigenvalue weighted by atomic mass is 19.4. The Morgan fingerprint density at radius 2 is 2.00 bits per heavy atom. The first kappa shape index (κ1) is 8.16. The maximum Gasteiger partial charge on any atom is 0.416 e. The van der Waals surface area contributed by atoms with Gasteiger partial charge in [0.2, 0.25) is 0 Å². The summed E-state index contributed by atoms with van der Waals surface area (Å²) in [6, 6.07) is 3.39. The summed E-state index contributed by atoms with van der Waals surface area (Å²) in [6.45, 7) is 0. The van der Waals surface area contributed by atoms with Crippen molar-refractivity contribution in [2.75, 3.05) is 0 Å². The van der Waals surface area contributed by atoms with Gasteiger partial charge in [0.05, 0.1) is 11.8 Å². The molecule has 1 aromatic carbocycles. The van der Waals surface area contributed by atoms with Crippen molar-refractivity contribution < 1.29 is 17.6 Å². The Morgan fingerprint density at radius 3 is 2.69 bits per heavy atom. The van der Waals surface area contributed by atoms with E-state index in [4.69, 9.17) is 0 Å². The Balaban J connectivity index is 2.61. The Morgan fingerprint density at radius 1 is 1.23 bits per heavy atom. The van der Waals surface area contributed by atoms with Gasteiger partial charge in [0.15, 0.2) is 6.26 Å². The van der Waals surface area contributed by atoms with Crippen LogP contribution in [-0.4, -0.2) is 0 Å². The average molecular weight is 185 g/mol. The molecule has 67 valence electrons. The number of furan rings is 1. The Hall–Kier alpha value is -1.45. The number of rotatable bonds is 0. The van der Waals surface area contributed by atoms with Gasteiger partial charge < -0.3 is 4.42 Å². The van der Waals surface area contributed by atoms with Gasteiger partial charge in [-0.25, -0.2) is 0 Å². The van der Waals surface area contributed by atoms with Gasteiger partial charge >= 0.3 is 6.18 Å². The smallest absolute Gasteiger partial charge is 0.416 e. The van der Waals surface area contributed by atoms with Crippen LogP contribution in [0.4, 0.5) is 13.2 Å². The lowest BCUT2D eigenvalue weighted by Crippen LogP contribution is -2.03. The van der Waals surface area contributed by atoms with Crippen LogP contribution >= 0.6 is 0 Å². The minimum Gasteiger partial charge on any atom is -0.460 e. The number of fused-ring (bicyclic) bond motifs is 1. The van der Waals surface area contributed by atoms with Crippen LogP contribution in [0.3, 0.4) is 0 Å². The second-order valence-corrected chi connectivity index (χ2v) is 2.64. The average Bonchev–Trinajstić information content (AvgIpc) is 2.47. The van der Waals surface area contributed by atoms with E-state index in [1.807, 2.05) is 0 Å². The highest BCUT2D eigenvalue weighted by Gasteiger charge is 2.30. The fraction of sp³-hybridized carbons (Fsp3) is 0.111. The molecule has 0 aliphatic carbocycles. The minimum absolute atomic E-state index is 0.342. The molecule has 0 saturated heterocycles. The van der Waals surface area contributed by atoms with Crippen molar-refractivity contribution >= 4 is 10.8 Å². The predicted octanol–water partition coefficient (Wildman–Crippen LogP) is 3.25. The topological polar surface area (TPSA) is 13.1 Å². The molecule has 1 radical (unpaired) electrons. The van der Waals surface area contributed by atoms with Gasteiger partial charge in [-0.1, -0.05) is 6.07 Å². The molecule has 0 amide bonds. The zero-order valence-electron chi connectivity index (χ0n) is 6.35. The van der Waals surface area contributed by atoms with Crippen LogP contribution < -0.4 is 0 Å². The van der Waals surface area contributed by atoms with Gasteiger partial charge in [-0.2, -0.15) is 13.2 Å². The molecule has 4 heteroatoms. The number of benzene rings is 1. The van der Waals surface area contributed by atoms with Crippen LogP contribution in [0.25, 0.3) is 10.8 Å². The molecule has 13 heavy (non-hydrogen) atoms. The molecule has 0 atom stereocenters. The minimum atomic E-state index is -4.31. The van der Waals surface area contributed by atoms with Crippen molar-refractivity contribution in [3.8, 4) is 0 Å². The summed E-state index contributed by atoms with van der Waals surface area (Å²) in [7, 11) is 0. The van der Waals surface area contributed by atoms with E-state index in [1.54, 1.807) is 0 Å². The molecular formula is C9H4F3O. The van der Waals surface area contributed by atoms with Crippen LogP contribution in [0, 0.1) is 6.26 Å². The van der Waals surface area contributed by atoms with Crippen molar-refractivity contribution in [2.45, 2.75) is 6.18 Å². The summed E-state index contributed by atoms with van der Waals surface area (Å²) in [5, 5.41) is 0.961. The van der Waals surface area contributed by atoms with Crippen LogP contribution in [0.5, 0.6) is 0 Å². The number of halogens is 3. The van der Waals surface area contributed by atoms with Crippen molar-refractivity contribution in [1.82, 2.24) is 0 Å². The molecule has 0 spiro atoms. The standard InChI is InChI=1S/C9H4F3O/c10-9(11,12)8-2-1-6-4-13-5-7(6)3-8/h1-4H. The highest BCUT2D eigenvalue weighted by Crippen LogP contribution is 2.31. The molecule has 0 unspecified atom stereocenters. The Labute approximate surface area is 71.8 Å². The number of alkyl halides is 3. The maximum absolute atomic E-state index is 12.2. The monoisotopic (exact) mass is 185 g/mol. The second kappa shape index (κ2) is 2.52. The number of hydrogen-bond acceptors (Lipinski definition) is 1. The van der Waals surface area contributed by atoms with E-state index in [2.05, 4.69) is 10.7 Å². The Kier molecular flexibility index (Phi) is 1.58. The van der Waals surface area contributed by atoms with E-state index in [0.29, 0.717) is 10.8 Å². The molecular weight excluding hydrogens is 181 g/mol. The third kappa shape index (κ3) is 1.39. The quantitative estimate of drug-likeness (QED) is 0.614. The molecule has 0 bridgehead atoms. The Bertz CT molecular complexity index is 428. The van der Waals surface area contributed by atoms with Crippen molar-refractivity contribution in [1.29, 1.82) is 0 Å². The first-order valence-corrected chi connectivity index (χ1v) is 3.53. The zero-order valence-corrected chi connectivity index (χ0v) is 6.35. The van der Waals surface area contributed by atoms with Crippen LogP contribution in [0.2, 0.25) is 0 Å². The molecule has 2 rings (SSSR count). The van der Waals surface area contributed by atoms with Gasteiger partial charge in [0.1, 0.15) is 0 Å². The summed E-state index contributed by atoms with van der Waals surface area (Å²) in [5.74, 6) is 0. The molecule has 2 aromatic rings. The highest BCUT2D eigenvalue weighted by molar-refractivity contribution is 5.81. The lowest BCUT2D eigenvalue weighted by molar-refractivity contribution is -0.137. The van der Waals surface area contributed by atoms with Gasteiger partial charge in [-0.15, -0.1) is 0 Å². The zero-order chi connectivity index (χ0) is 9.47. The molecule has 0 fully saturated rings. The van der Waals surface area contributed by atoms with E-state index in [0.717, 1.165) is 12.1 Å². The van der Waals surface area contributed by atoms with E-state index in [-0.39, 0.29) is 0 Å². The summed E-state index contributed by atoms with van der Waals surface area (Å²) in [4.78, 5) is 0. The molecule has 1 heterocycles. The molecule has 0 saturated carbocycles. The van der Waals surface area contributed by atoms with Crippen LogP contribution in [0.15, 0.2) is 28.9 Å². The normalized spacial score (nSPS) is 12.2. The molecule has 0 aliphatic heterocycles. The van der Waals surface area contributed by atoms with E-state index in [1.165, 1.54) is 12.3 Å². The summed E-state index contributed by atoms with van der Waals surface area (Å²) in [6.07, 6.45) is -0.593. The van der Waals surface area contributed by atoms with Gasteiger partial charge in [-0.05, 0) is 12.1 Å². The first-order valence-electron chi connectivity index (χ1n) is 3.53. The van der Waals surface area contributed by atoms with Gasteiger partial charge in [0, 0.05) is 10.8 Å². The van der Waals surface area contributed by atoms with Crippen molar-refractivity contribution in [2.24, 2.45) is 0 Å². The van der Waals surface area contributed by atoms with E-state index in [9.17, 15) is 13.2 Å². The lowest BCUT2D eigenvalue weighted by atomic mass is 10.1. The SMILES string of the molecule is FC(F)(F)c1ccc2co[c]c2c1.